The van der Waals surface area contributed by atoms with Crippen LogP contribution in [0.2, 0.25) is 0 Å². The molecule has 12 heavy (non-hydrogen) atoms. The van der Waals surface area contributed by atoms with Crippen molar-refractivity contribution in [1.82, 2.24) is 0 Å². The molecule has 0 fully saturated rings. The smallest absolute Gasteiger partial charge is 0.0135 e. The standard InChI is InChI=1S/C12H22/c1-7-11(12(4,5)6)9-8-10(2)3/h7,9-10H,1,8H2,2-6H3/b11-9+. The number of allylic oxidation sites excluding steroid dienone is 3. The highest BCUT2D eigenvalue weighted by Crippen LogP contribution is 2.26. The molecule has 0 aliphatic carbocycles. The number of rotatable bonds is 3. The Morgan fingerprint density at radius 2 is 1.83 bits per heavy atom. The third-order valence-electron chi connectivity index (χ3n) is 1.90. The lowest BCUT2D eigenvalue weighted by Crippen LogP contribution is -2.07. The molecule has 0 heteroatoms. The van der Waals surface area contributed by atoms with Crippen molar-refractivity contribution in [3.05, 3.63) is 24.3 Å². The molecule has 0 N–H and O–H groups in total. The fourth-order valence-electron chi connectivity index (χ4n) is 1.06. The first-order valence-electron chi connectivity index (χ1n) is 4.71. The van der Waals surface area contributed by atoms with Gasteiger partial charge in [-0.2, -0.15) is 0 Å². The van der Waals surface area contributed by atoms with Gasteiger partial charge in [0.1, 0.15) is 0 Å². The summed E-state index contributed by atoms with van der Waals surface area (Å²) < 4.78 is 0. The Kier molecular flexibility index (Phi) is 4.30. The van der Waals surface area contributed by atoms with Gasteiger partial charge in [-0.1, -0.05) is 53.3 Å². The summed E-state index contributed by atoms with van der Waals surface area (Å²) in [7, 11) is 0. The van der Waals surface area contributed by atoms with Crippen LogP contribution in [0.5, 0.6) is 0 Å². The molecule has 0 radical (unpaired) electrons. The number of hydrogen-bond donors (Lipinski definition) is 0. The second-order valence-electron chi connectivity index (χ2n) is 4.74. The average Bonchev–Trinajstić information content (AvgIpc) is 1.85. The first-order valence-corrected chi connectivity index (χ1v) is 4.71. The summed E-state index contributed by atoms with van der Waals surface area (Å²) in [6.45, 7) is 15.0. The van der Waals surface area contributed by atoms with E-state index in [-0.39, 0.29) is 5.41 Å². The van der Waals surface area contributed by atoms with Gasteiger partial charge in [-0.15, -0.1) is 0 Å². The third kappa shape index (κ3) is 4.38. The molecule has 0 rings (SSSR count). The number of hydrogen-bond acceptors (Lipinski definition) is 0. The summed E-state index contributed by atoms with van der Waals surface area (Å²) in [6.07, 6.45) is 5.43. The van der Waals surface area contributed by atoms with Gasteiger partial charge < -0.3 is 0 Å². The van der Waals surface area contributed by atoms with Crippen LogP contribution >= 0.6 is 0 Å². The summed E-state index contributed by atoms with van der Waals surface area (Å²) in [5, 5.41) is 0. The zero-order valence-electron chi connectivity index (χ0n) is 9.15. The zero-order chi connectivity index (χ0) is 9.78. The van der Waals surface area contributed by atoms with Crippen molar-refractivity contribution in [3.63, 3.8) is 0 Å². The largest absolute Gasteiger partial charge is 0.0988 e. The van der Waals surface area contributed by atoms with Crippen LogP contribution in [0.25, 0.3) is 0 Å². The fourth-order valence-corrected chi connectivity index (χ4v) is 1.06. The maximum absolute atomic E-state index is 3.84. The van der Waals surface area contributed by atoms with E-state index in [0.717, 1.165) is 12.3 Å². The molecule has 0 aliphatic heterocycles. The van der Waals surface area contributed by atoms with E-state index in [2.05, 4.69) is 47.3 Å². The van der Waals surface area contributed by atoms with Crippen LogP contribution in [-0.4, -0.2) is 0 Å². The first kappa shape index (κ1) is 11.5. The van der Waals surface area contributed by atoms with Crippen LogP contribution in [0, 0.1) is 11.3 Å². The lowest BCUT2D eigenvalue weighted by molar-refractivity contribution is 0.511. The molecular formula is C12H22. The van der Waals surface area contributed by atoms with E-state index >= 15 is 0 Å². The van der Waals surface area contributed by atoms with Crippen LogP contribution in [0.4, 0.5) is 0 Å². The Morgan fingerprint density at radius 1 is 1.33 bits per heavy atom. The summed E-state index contributed by atoms with van der Waals surface area (Å²) in [5.74, 6) is 0.738. The molecule has 0 aromatic carbocycles. The Labute approximate surface area is 77.4 Å². The molecule has 0 aromatic heterocycles. The Bertz CT molecular complexity index is 165. The van der Waals surface area contributed by atoms with Gasteiger partial charge in [0.05, 0.1) is 0 Å². The average molecular weight is 166 g/mol. The molecule has 0 saturated carbocycles. The van der Waals surface area contributed by atoms with Gasteiger partial charge in [0.25, 0.3) is 0 Å². The maximum atomic E-state index is 3.84. The van der Waals surface area contributed by atoms with Crippen molar-refractivity contribution < 1.29 is 0 Å². The van der Waals surface area contributed by atoms with Crippen molar-refractivity contribution in [2.45, 2.75) is 41.0 Å². The Hall–Kier alpha value is -0.520. The van der Waals surface area contributed by atoms with E-state index in [4.69, 9.17) is 0 Å². The van der Waals surface area contributed by atoms with Crippen LogP contribution in [0.3, 0.4) is 0 Å². The lowest BCUT2D eigenvalue weighted by Gasteiger charge is -2.20. The molecule has 0 spiro atoms. The van der Waals surface area contributed by atoms with E-state index in [0.29, 0.717) is 0 Å². The molecule has 0 amide bonds. The van der Waals surface area contributed by atoms with E-state index < -0.39 is 0 Å². The topological polar surface area (TPSA) is 0 Å². The summed E-state index contributed by atoms with van der Waals surface area (Å²) in [6, 6.07) is 0. The van der Waals surface area contributed by atoms with Gasteiger partial charge in [-0.05, 0) is 23.3 Å². The molecule has 70 valence electrons. The molecule has 0 unspecified atom stereocenters. The quantitative estimate of drug-likeness (QED) is 0.551. The van der Waals surface area contributed by atoms with Gasteiger partial charge in [0.15, 0.2) is 0 Å². The van der Waals surface area contributed by atoms with Gasteiger partial charge in [-0.3, -0.25) is 0 Å². The summed E-state index contributed by atoms with van der Waals surface area (Å²) >= 11 is 0. The highest BCUT2D eigenvalue weighted by Gasteiger charge is 2.13. The summed E-state index contributed by atoms with van der Waals surface area (Å²) in [5.41, 5.74) is 1.60. The Balaban J connectivity index is 4.34. The Morgan fingerprint density at radius 3 is 2.08 bits per heavy atom. The van der Waals surface area contributed by atoms with E-state index in [1.54, 1.807) is 0 Å². The molecule has 0 atom stereocenters. The second-order valence-corrected chi connectivity index (χ2v) is 4.74. The summed E-state index contributed by atoms with van der Waals surface area (Å²) in [4.78, 5) is 0. The van der Waals surface area contributed by atoms with Gasteiger partial charge in [0.2, 0.25) is 0 Å². The van der Waals surface area contributed by atoms with Gasteiger partial charge in [0, 0.05) is 0 Å². The molecule has 0 saturated heterocycles. The van der Waals surface area contributed by atoms with Crippen LogP contribution < -0.4 is 0 Å². The SMILES string of the molecule is C=C/C(=C\CC(C)C)C(C)(C)C. The first-order chi connectivity index (χ1) is 5.38. The minimum Gasteiger partial charge on any atom is -0.0988 e. The predicted octanol–water partition coefficient (Wildman–Crippen LogP) is 4.19. The van der Waals surface area contributed by atoms with Crippen molar-refractivity contribution >= 4 is 0 Å². The molecular weight excluding hydrogens is 144 g/mol. The van der Waals surface area contributed by atoms with Gasteiger partial charge in [-0.25, -0.2) is 0 Å². The van der Waals surface area contributed by atoms with E-state index in [1.807, 2.05) is 6.08 Å². The maximum Gasteiger partial charge on any atom is -0.0135 e. The van der Waals surface area contributed by atoms with E-state index in [9.17, 15) is 0 Å². The van der Waals surface area contributed by atoms with Crippen molar-refractivity contribution in [2.75, 3.05) is 0 Å². The molecule has 0 bridgehead atoms. The highest BCUT2D eigenvalue weighted by atomic mass is 14.2. The molecule has 0 aromatic rings. The normalized spacial score (nSPS) is 13.7. The monoisotopic (exact) mass is 166 g/mol. The van der Waals surface area contributed by atoms with E-state index in [1.165, 1.54) is 5.57 Å². The minimum atomic E-state index is 0.247. The van der Waals surface area contributed by atoms with Crippen molar-refractivity contribution in [3.8, 4) is 0 Å². The molecule has 0 aliphatic rings. The third-order valence-corrected chi connectivity index (χ3v) is 1.90. The highest BCUT2D eigenvalue weighted by molar-refractivity contribution is 5.22. The predicted molar refractivity (Wildman–Crippen MR) is 57.2 cm³/mol. The van der Waals surface area contributed by atoms with Crippen LogP contribution in [-0.2, 0) is 0 Å². The van der Waals surface area contributed by atoms with Crippen molar-refractivity contribution in [2.24, 2.45) is 11.3 Å². The van der Waals surface area contributed by atoms with Crippen LogP contribution in [0.1, 0.15) is 41.0 Å². The minimum absolute atomic E-state index is 0.247. The van der Waals surface area contributed by atoms with Crippen molar-refractivity contribution in [1.29, 1.82) is 0 Å². The molecule has 0 heterocycles. The molecule has 0 nitrogen and oxygen atoms in total. The lowest BCUT2D eigenvalue weighted by atomic mass is 9.85. The van der Waals surface area contributed by atoms with Gasteiger partial charge >= 0.3 is 0 Å². The second kappa shape index (κ2) is 4.49. The van der Waals surface area contributed by atoms with Crippen LogP contribution in [0.15, 0.2) is 24.3 Å². The zero-order valence-corrected chi connectivity index (χ0v) is 9.15. The fraction of sp³-hybridized carbons (Fsp3) is 0.667.